The second kappa shape index (κ2) is 10.9. The summed E-state index contributed by atoms with van der Waals surface area (Å²) >= 11 is 0. The molecular weight excluding hydrogens is 473 g/mol. The van der Waals surface area contributed by atoms with Gasteiger partial charge in [0.25, 0.3) is 0 Å². The number of aliphatic hydroxyl groups is 1. The van der Waals surface area contributed by atoms with E-state index in [0.717, 1.165) is 30.7 Å². The van der Waals surface area contributed by atoms with E-state index in [1.165, 1.54) is 17.3 Å². The molecule has 37 heavy (non-hydrogen) atoms. The van der Waals surface area contributed by atoms with Gasteiger partial charge < -0.3 is 19.9 Å². The van der Waals surface area contributed by atoms with Crippen LogP contribution in [0.2, 0.25) is 0 Å². The van der Waals surface area contributed by atoms with Crippen LogP contribution in [0.5, 0.6) is 0 Å². The first-order valence-corrected chi connectivity index (χ1v) is 13.1. The minimum absolute atomic E-state index is 0.219. The van der Waals surface area contributed by atoms with Gasteiger partial charge in [0.2, 0.25) is 5.95 Å². The molecule has 3 aromatic rings. The summed E-state index contributed by atoms with van der Waals surface area (Å²) in [6.45, 7) is 11.8. The van der Waals surface area contributed by atoms with Gasteiger partial charge in [-0.3, -0.25) is 9.88 Å². The number of nitrogens with one attached hydrogen (secondary N) is 1. The van der Waals surface area contributed by atoms with Crippen molar-refractivity contribution in [3.63, 3.8) is 0 Å². The highest BCUT2D eigenvalue weighted by atomic mass is 19.1. The van der Waals surface area contributed by atoms with Crippen LogP contribution in [0.15, 0.2) is 30.6 Å². The van der Waals surface area contributed by atoms with Crippen molar-refractivity contribution in [1.29, 1.82) is 0 Å². The van der Waals surface area contributed by atoms with Crippen molar-refractivity contribution in [2.45, 2.75) is 70.8 Å². The van der Waals surface area contributed by atoms with Crippen LogP contribution in [-0.2, 0) is 16.0 Å². The van der Waals surface area contributed by atoms with E-state index in [-0.39, 0.29) is 30.2 Å². The van der Waals surface area contributed by atoms with Crippen LogP contribution in [-0.4, -0.2) is 75.6 Å². The highest BCUT2D eigenvalue weighted by molar-refractivity contribution is 5.88. The molecule has 4 atom stereocenters. The lowest BCUT2D eigenvalue weighted by atomic mass is 9.92. The maximum Gasteiger partial charge on any atom is 0.223 e. The molecule has 9 heteroatoms. The number of anilines is 1. The van der Waals surface area contributed by atoms with Crippen molar-refractivity contribution < 1.29 is 19.0 Å². The van der Waals surface area contributed by atoms with Crippen LogP contribution in [0.25, 0.3) is 22.2 Å². The second-order valence-electron chi connectivity index (χ2n) is 10.6. The summed E-state index contributed by atoms with van der Waals surface area (Å²) in [4.78, 5) is 15.8. The average molecular weight is 510 g/mol. The molecule has 0 radical (unpaired) electrons. The average Bonchev–Trinajstić information content (AvgIpc) is 2.88. The van der Waals surface area contributed by atoms with E-state index in [4.69, 9.17) is 14.5 Å². The molecule has 0 saturated carbocycles. The number of aliphatic hydroxyl groups excluding tert-OH is 1. The molecular formula is C28H36FN5O3. The van der Waals surface area contributed by atoms with Crippen molar-refractivity contribution >= 4 is 16.9 Å². The lowest BCUT2D eigenvalue weighted by Crippen LogP contribution is -2.49. The molecule has 2 aliphatic rings. The predicted octanol–water partition coefficient (Wildman–Crippen LogP) is 4.13. The second-order valence-corrected chi connectivity index (χ2v) is 10.6. The van der Waals surface area contributed by atoms with Gasteiger partial charge in [-0.05, 0) is 49.4 Å². The van der Waals surface area contributed by atoms with Crippen LogP contribution in [0.1, 0.15) is 51.2 Å². The van der Waals surface area contributed by atoms with E-state index in [9.17, 15) is 9.50 Å². The van der Waals surface area contributed by atoms with Gasteiger partial charge in [0.05, 0.1) is 43.7 Å². The standard InChI is InChI=1S/C28H36FN5O3/c1-16(2)26-20(12-34-17(3)13-37-14-18(34)4)10-30-23-6-5-19(9-21(23)26)27-22(29)11-31-28(33-27)32-24-7-8-36-15-25(24)35/h5-6,9-11,16-18,24-25,35H,7-8,12-15H2,1-4H3,(H,31,32,33)/t17-,18+,24-,25+/m1/s1. The van der Waals surface area contributed by atoms with Crippen LogP contribution in [0.3, 0.4) is 0 Å². The van der Waals surface area contributed by atoms with Gasteiger partial charge in [0.15, 0.2) is 5.82 Å². The SMILES string of the molecule is CC(C)c1c(CN2[C@H](C)COC[C@@H]2C)cnc2ccc(-c3nc(N[C@@H]4CCOC[C@@H]4O)ncc3F)cc12. The summed E-state index contributed by atoms with van der Waals surface area (Å²) in [5.41, 5.74) is 4.15. The first-order chi connectivity index (χ1) is 17.8. The van der Waals surface area contributed by atoms with Crippen LogP contribution in [0.4, 0.5) is 10.3 Å². The third-order valence-electron chi connectivity index (χ3n) is 7.43. The Bertz CT molecular complexity index is 1250. The Balaban J connectivity index is 1.51. The topological polar surface area (TPSA) is 92.6 Å². The van der Waals surface area contributed by atoms with Crippen molar-refractivity contribution in [2.24, 2.45) is 0 Å². The van der Waals surface area contributed by atoms with E-state index in [1.807, 2.05) is 24.4 Å². The normalized spacial score (nSPS) is 25.1. The Morgan fingerprint density at radius 3 is 2.62 bits per heavy atom. The van der Waals surface area contributed by atoms with Crippen molar-refractivity contribution in [2.75, 3.05) is 31.7 Å². The number of halogens is 1. The molecule has 2 aliphatic heterocycles. The summed E-state index contributed by atoms with van der Waals surface area (Å²) in [5, 5.41) is 14.4. The summed E-state index contributed by atoms with van der Waals surface area (Å²) in [5.74, 6) is 0.0437. The molecule has 0 unspecified atom stereocenters. The van der Waals surface area contributed by atoms with E-state index in [1.54, 1.807) is 0 Å². The minimum atomic E-state index is -0.665. The third kappa shape index (κ3) is 5.45. The smallest absolute Gasteiger partial charge is 0.223 e. The van der Waals surface area contributed by atoms with E-state index in [0.29, 0.717) is 30.7 Å². The zero-order valence-corrected chi connectivity index (χ0v) is 21.9. The van der Waals surface area contributed by atoms with Gasteiger partial charge in [0, 0.05) is 42.4 Å². The molecule has 0 spiro atoms. The monoisotopic (exact) mass is 509 g/mol. The van der Waals surface area contributed by atoms with E-state index in [2.05, 4.69) is 47.9 Å². The first kappa shape index (κ1) is 25.9. The molecule has 4 heterocycles. The fraction of sp³-hybridized carbons (Fsp3) is 0.536. The van der Waals surface area contributed by atoms with Crippen LogP contribution >= 0.6 is 0 Å². The van der Waals surface area contributed by atoms with Crippen molar-refractivity contribution in [3.8, 4) is 11.3 Å². The zero-order chi connectivity index (χ0) is 26.1. The maximum absolute atomic E-state index is 15.0. The van der Waals surface area contributed by atoms with Gasteiger partial charge in [0.1, 0.15) is 5.69 Å². The van der Waals surface area contributed by atoms with Crippen molar-refractivity contribution in [3.05, 3.63) is 47.5 Å². The highest BCUT2D eigenvalue weighted by Crippen LogP contribution is 2.33. The van der Waals surface area contributed by atoms with Gasteiger partial charge >= 0.3 is 0 Å². The van der Waals surface area contributed by atoms with E-state index >= 15 is 0 Å². The fourth-order valence-electron chi connectivity index (χ4n) is 5.45. The molecule has 2 aromatic heterocycles. The van der Waals surface area contributed by atoms with Gasteiger partial charge in [-0.2, -0.15) is 0 Å². The number of ether oxygens (including phenoxy) is 2. The molecule has 198 valence electrons. The van der Waals surface area contributed by atoms with Crippen molar-refractivity contribution in [1.82, 2.24) is 19.9 Å². The first-order valence-electron chi connectivity index (χ1n) is 13.1. The Kier molecular flexibility index (Phi) is 7.67. The highest BCUT2D eigenvalue weighted by Gasteiger charge is 2.27. The lowest BCUT2D eigenvalue weighted by Gasteiger charge is -2.39. The number of pyridine rings is 1. The van der Waals surface area contributed by atoms with Gasteiger partial charge in [-0.1, -0.05) is 19.9 Å². The van der Waals surface area contributed by atoms with Crippen LogP contribution in [0, 0.1) is 5.82 Å². The number of rotatable bonds is 6. The molecule has 1 aromatic carbocycles. The Morgan fingerprint density at radius 2 is 1.89 bits per heavy atom. The van der Waals surface area contributed by atoms with E-state index < -0.39 is 11.9 Å². The molecule has 2 N–H and O–H groups in total. The molecule has 0 amide bonds. The summed E-state index contributed by atoms with van der Waals surface area (Å²) < 4.78 is 26.0. The summed E-state index contributed by atoms with van der Waals surface area (Å²) in [6, 6.07) is 6.17. The molecule has 2 fully saturated rings. The Hall–Kier alpha value is -2.72. The Labute approximate surface area is 217 Å². The quantitative estimate of drug-likeness (QED) is 0.513. The molecule has 5 rings (SSSR count). The fourth-order valence-corrected chi connectivity index (χ4v) is 5.45. The number of hydrogen-bond donors (Lipinski definition) is 2. The molecule has 0 bridgehead atoms. The number of nitrogens with zero attached hydrogens (tertiary/aromatic N) is 4. The van der Waals surface area contributed by atoms with Gasteiger partial charge in [-0.15, -0.1) is 0 Å². The zero-order valence-electron chi connectivity index (χ0n) is 21.9. The molecule has 2 saturated heterocycles. The molecule has 8 nitrogen and oxygen atoms in total. The maximum atomic E-state index is 15.0. The lowest BCUT2D eigenvalue weighted by molar-refractivity contribution is -0.0411. The summed E-state index contributed by atoms with van der Waals surface area (Å²) in [6.07, 6.45) is 3.12. The number of benzene rings is 1. The number of morpholine rings is 1. The largest absolute Gasteiger partial charge is 0.389 e. The third-order valence-corrected chi connectivity index (χ3v) is 7.43. The number of hydrogen-bond acceptors (Lipinski definition) is 8. The van der Waals surface area contributed by atoms with Gasteiger partial charge in [-0.25, -0.2) is 14.4 Å². The summed E-state index contributed by atoms with van der Waals surface area (Å²) in [7, 11) is 0. The van der Waals surface area contributed by atoms with Crippen LogP contribution < -0.4 is 5.32 Å². The number of fused-ring (bicyclic) bond motifs is 1. The number of aromatic nitrogens is 3. The molecule has 0 aliphatic carbocycles. The minimum Gasteiger partial charge on any atom is -0.389 e. The predicted molar refractivity (Wildman–Crippen MR) is 141 cm³/mol. The Morgan fingerprint density at radius 1 is 1.11 bits per heavy atom.